The zero-order chi connectivity index (χ0) is 16.2. The summed E-state index contributed by atoms with van der Waals surface area (Å²) in [7, 11) is 0. The molecule has 1 aromatic carbocycles. The maximum Gasteiger partial charge on any atom is 0.406 e. The van der Waals surface area contributed by atoms with Gasteiger partial charge in [-0.25, -0.2) is 4.79 Å². The normalized spacial score (nSPS) is 11.5. The van der Waals surface area contributed by atoms with Crippen LogP contribution in [0.3, 0.4) is 0 Å². The number of carbonyl (C=O) groups is 1. The molecule has 2 amide bonds. The van der Waals surface area contributed by atoms with Gasteiger partial charge in [-0.2, -0.15) is 13.2 Å². The standard InChI is InChI=1S/C15H16F3N3O/c1-2-9-21(10-15(16,17)18)14(22)20-12-7-3-5-11-6-4-8-19-13(11)12/h3-8H,2,9-10H2,1H3,(H,20,22). The van der Waals surface area contributed by atoms with Crippen LogP contribution in [0.1, 0.15) is 13.3 Å². The lowest BCUT2D eigenvalue weighted by Gasteiger charge is -2.24. The molecule has 0 atom stereocenters. The van der Waals surface area contributed by atoms with Gasteiger partial charge in [0.25, 0.3) is 0 Å². The molecule has 0 spiro atoms. The molecule has 1 heterocycles. The third-order valence-electron chi connectivity index (χ3n) is 3.03. The van der Waals surface area contributed by atoms with E-state index in [-0.39, 0.29) is 6.54 Å². The van der Waals surface area contributed by atoms with E-state index in [0.29, 0.717) is 17.6 Å². The van der Waals surface area contributed by atoms with Gasteiger partial charge in [0, 0.05) is 18.1 Å². The lowest BCUT2D eigenvalue weighted by atomic mass is 10.2. The molecule has 2 rings (SSSR count). The number of nitrogens with one attached hydrogen (secondary N) is 1. The molecule has 4 nitrogen and oxygen atoms in total. The highest BCUT2D eigenvalue weighted by molar-refractivity contribution is 5.99. The van der Waals surface area contributed by atoms with Crippen molar-refractivity contribution in [1.29, 1.82) is 0 Å². The van der Waals surface area contributed by atoms with Gasteiger partial charge in [-0.15, -0.1) is 0 Å². The van der Waals surface area contributed by atoms with Crippen LogP contribution < -0.4 is 5.32 Å². The Balaban J connectivity index is 2.21. The van der Waals surface area contributed by atoms with Crippen molar-refractivity contribution in [2.24, 2.45) is 0 Å². The Hall–Kier alpha value is -2.31. The van der Waals surface area contributed by atoms with E-state index in [2.05, 4.69) is 10.3 Å². The van der Waals surface area contributed by atoms with Crippen molar-refractivity contribution in [2.75, 3.05) is 18.4 Å². The summed E-state index contributed by atoms with van der Waals surface area (Å²) in [5, 5.41) is 3.32. The fraction of sp³-hybridized carbons (Fsp3) is 0.333. The average Bonchev–Trinajstić information content (AvgIpc) is 2.46. The molecule has 0 unspecified atom stereocenters. The van der Waals surface area contributed by atoms with Crippen molar-refractivity contribution in [3.63, 3.8) is 0 Å². The number of urea groups is 1. The molecule has 0 saturated heterocycles. The number of carbonyl (C=O) groups excluding carboxylic acids is 1. The minimum Gasteiger partial charge on any atom is -0.315 e. The van der Waals surface area contributed by atoms with Gasteiger partial charge in [0.15, 0.2) is 0 Å². The molecule has 1 aromatic heterocycles. The van der Waals surface area contributed by atoms with Crippen molar-refractivity contribution in [3.05, 3.63) is 36.5 Å². The maximum atomic E-state index is 12.5. The summed E-state index contributed by atoms with van der Waals surface area (Å²) in [6, 6.07) is 7.94. The molecule has 1 N–H and O–H groups in total. The predicted octanol–water partition coefficient (Wildman–Crippen LogP) is 4.04. The number of pyridine rings is 1. The number of hydrogen-bond donors (Lipinski definition) is 1. The molecular weight excluding hydrogens is 295 g/mol. The van der Waals surface area contributed by atoms with E-state index in [4.69, 9.17) is 0 Å². The highest BCUT2D eigenvalue weighted by Crippen LogP contribution is 2.22. The van der Waals surface area contributed by atoms with Crippen LogP contribution in [0.4, 0.5) is 23.7 Å². The van der Waals surface area contributed by atoms with Gasteiger partial charge in [0.2, 0.25) is 0 Å². The number of alkyl halides is 3. The van der Waals surface area contributed by atoms with Crippen LogP contribution in [0.15, 0.2) is 36.5 Å². The summed E-state index contributed by atoms with van der Waals surface area (Å²) in [6.45, 7) is 0.477. The summed E-state index contributed by atoms with van der Waals surface area (Å²) in [6.07, 6.45) is -2.42. The number of hydrogen-bond acceptors (Lipinski definition) is 2. The lowest BCUT2D eigenvalue weighted by molar-refractivity contribution is -0.139. The Labute approximate surface area is 125 Å². The van der Waals surface area contributed by atoms with E-state index in [9.17, 15) is 18.0 Å². The molecule has 22 heavy (non-hydrogen) atoms. The van der Waals surface area contributed by atoms with Crippen molar-refractivity contribution in [1.82, 2.24) is 9.88 Å². The second-order valence-corrected chi connectivity index (χ2v) is 4.85. The zero-order valence-electron chi connectivity index (χ0n) is 12.0. The van der Waals surface area contributed by atoms with E-state index < -0.39 is 18.8 Å². The Kier molecular flexibility index (Phi) is 4.85. The highest BCUT2D eigenvalue weighted by Gasteiger charge is 2.32. The summed E-state index contributed by atoms with van der Waals surface area (Å²) >= 11 is 0. The van der Waals surface area contributed by atoms with Crippen LogP contribution in [-0.2, 0) is 0 Å². The molecule has 0 radical (unpaired) electrons. The first-order valence-corrected chi connectivity index (χ1v) is 6.87. The fourth-order valence-corrected chi connectivity index (χ4v) is 2.14. The Morgan fingerprint density at radius 3 is 2.68 bits per heavy atom. The van der Waals surface area contributed by atoms with Gasteiger partial charge in [-0.1, -0.05) is 25.1 Å². The number of rotatable bonds is 4. The van der Waals surface area contributed by atoms with Gasteiger partial charge < -0.3 is 10.2 Å². The third kappa shape index (κ3) is 4.09. The van der Waals surface area contributed by atoms with E-state index in [1.54, 1.807) is 31.3 Å². The SMILES string of the molecule is CCCN(CC(F)(F)F)C(=O)Nc1cccc2cccnc12. The van der Waals surface area contributed by atoms with Gasteiger partial charge in [0.05, 0.1) is 11.2 Å². The molecule has 0 bridgehead atoms. The van der Waals surface area contributed by atoms with Crippen LogP contribution >= 0.6 is 0 Å². The Bertz CT molecular complexity index is 653. The first-order chi connectivity index (χ1) is 10.4. The third-order valence-corrected chi connectivity index (χ3v) is 3.03. The molecule has 2 aromatic rings. The van der Waals surface area contributed by atoms with Gasteiger partial charge in [0.1, 0.15) is 6.54 Å². The van der Waals surface area contributed by atoms with Crippen LogP contribution in [-0.4, -0.2) is 35.2 Å². The second-order valence-electron chi connectivity index (χ2n) is 4.85. The molecule has 0 aliphatic heterocycles. The number of benzene rings is 1. The van der Waals surface area contributed by atoms with Gasteiger partial charge in [-0.05, 0) is 18.6 Å². The molecular formula is C15H16F3N3O. The minimum absolute atomic E-state index is 0.0313. The van der Waals surface area contributed by atoms with Crippen molar-refractivity contribution >= 4 is 22.6 Å². The molecule has 0 aliphatic carbocycles. The molecule has 0 fully saturated rings. The number of para-hydroxylation sites is 1. The van der Waals surface area contributed by atoms with Crippen molar-refractivity contribution in [3.8, 4) is 0 Å². The Morgan fingerprint density at radius 2 is 2.00 bits per heavy atom. The van der Waals surface area contributed by atoms with Crippen LogP contribution in [0.25, 0.3) is 10.9 Å². The minimum atomic E-state index is -4.43. The maximum absolute atomic E-state index is 12.5. The lowest BCUT2D eigenvalue weighted by Crippen LogP contribution is -2.41. The molecule has 0 aliphatic rings. The monoisotopic (exact) mass is 311 g/mol. The zero-order valence-corrected chi connectivity index (χ0v) is 12.0. The van der Waals surface area contributed by atoms with Crippen LogP contribution in [0.2, 0.25) is 0 Å². The molecule has 0 saturated carbocycles. The number of halogens is 3. The predicted molar refractivity (Wildman–Crippen MR) is 78.7 cm³/mol. The van der Waals surface area contributed by atoms with E-state index in [0.717, 1.165) is 10.3 Å². The topological polar surface area (TPSA) is 45.2 Å². The highest BCUT2D eigenvalue weighted by atomic mass is 19.4. The quantitative estimate of drug-likeness (QED) is 0.926. The summed E-state index contributed by atoms with van der Waals surface area (Å²) < 4.78 is 37.6. The van der Waals surface area contributed by atoms with E-state index in [1.807, 2.05) is 12.1 Å². The van der Waals surface area contributed by atoms with Crippen LogP contribution in [0.5, 0.6) is 0 Å². The van der Waals surface area contributed by atoms with E-state index >= 15 is 0 Å². The molecule has 118 valence electrons. The average molecular weight is 311 g/mol. The molecule has 7 heteroatoms. The number of amides is 2. The summed E-state index contributed by atoms with van der Waals surface area (Å²) in [5.74, 6) is 0. The van der Waals surface area contributed by atoms with Gasteiger partial charge >= 0.3 is 12.2 Å². The largest absolute Gasteiger partial charge is 0.406 e. The first kappa shape index (κ1) is 16.1. The number of fused-ring (bicyclic) bond motifs is 1. The van der Waals surface area contributed by atoms with E-state index in [1.165, 1.54) is 0 Å². The smallest absolute Gasteiger partial charge is 0.315 e. The van der Waals surface area contributed by atoms with Crippen molar-refractivity contribution in [2.45, 2.75) is 19.5 Å². The first-order valence-electron chi connectivity index (χ1n) is 6.87. The number of anilines is 1. The second kappa shape index (κ2) is 6.64. The summed E-state index contributed by atoms with van der Waals surface area (Å²) in [4.78, 5) is 17.0. The number of nitrogens with zero attached hydrogens (tertiary/aromatic N) is 2. The van der Waals surface area contributed by atoms with Crippen molar-refractivity contribution < 1.29 is 18.0 Å². The fourth-order valence-electron chi connectivity index (χ4n) is 2.14. The Morgan fingerprint density at radius 1 is 1.27 bits per heavy atom. The number of aromatic nitrogens is 1. The van der Waals surface area contributed by atoms with Gasteiger partial charge in [-0.3, -0.25) is 4.98 Å². The van der Waals surface area contributed by atoms with Crippen LogP contribution in [0, 0.1) is 0 Å². The summed E-state index contributed by atoms with van der Waals surface area (Å²) in [5.41, 5.74) is 0.938.